The predicted molar refractivity (Wildman–Crippen MR) is 115 cm³/mol. The summed E-state index contributed by atoms with van der Waals surface area (Å²) in [5.41, 5.74) is 3.38. The van der Waals surface area contributed by atoms with Crippen LogP contribution >= 0.6 is 0 Å². The van der Waals surface area contributed by atoms with Gasteiger partial charge in [0.15, 0.2) is 0 Å². The highest BCUT2D eigenvalue weighted by atomic mass is 16.5. The van der Waals surface area contributed by atoms with Gasteiger partial charge in [0.05, 0.1) is 31.0 Å². The van der Waals surface area contributed by atoms with E-state index in [1.165, 1.54) is 5.56 Å². The summed E-state index contributed by atoms with van der Waals surface area (Å²) in [7, 11) is 1.60. The Bertz CT molecular complexity index is 1000. The maximum absolute atomic E-state index is 13.4. The van der Waals surface area contributed by atoms with Crippen LogP contribution < -0.4 is 10.1 Å². The van der Waals surface area contributed by atoms with E-state index in [-0.39, 0.29) is 11.9 Å². The first-order chi connectivity index (χ1) is 14.6. The molecule has 30 heavy (non-hydrogen) atoms. The Morgan fingerprint density at radius 1 is 1.17 bits per heavy atom. The maximum atomic E-state index is 13.4. The van der Waals surface area contributed by atoms with Gasteiger partial charge >= 0.3 is 6.03 Å². The molecule has 4 rings (SSSR count). The van der Waals surface area contributed by atoms with Gasteiger partial charge < -0.3 is 15.0 Å². The Morgan fingerprint density at radius 2 is 1.97 bits per heavy atom. The van der Waals surface area contributed by atoms with Gasteiger partial charge in [0.25, 0.3) is 5.91 Å². The zero-order valence-electron chi connectivity index (χ0n) is 17.0. The predicted octanol–water partition coefficient (Wildman–Crippen LogP) is 3.29. The minimum absolute atomic E-state index is 0.0391. The third kappa shape index (κ3) is 3.68. The quantitative estimate of drug-likeness (QED) is 0.722. The molecule has 1 N–H and O–H groups in total. The standard InChI is InChI=1S/C24H25N3O3/c1-3-13-27-20-16-26(14-12-17-8-5-4-6-9-17)23(28)21(20)22(25-24(27)29)18-10-7-11-19(15-18)30-2/h3-11,15,22H,1,12-14,16H2,2H3,(H,25,29)/t22-/m1/s1. The zero-order valence-corrected chi connectivity index (χ0v) is 17.0. The van der Waals surface area contributed by atoms with Crippen molar-refractivity contribution in [2.75, 3.05) is 26.7 Å². The summed E-state index contributed by atoms with van der Waals surface area (Å²) in [6, 6.07) is 16.8. The first kappa shape index (κ1) is 19.8. The number of nitrogens with zero attached hydrogens (tertiary/aromatic N) is 2. The van der Waals surface area contributed by atoms with Crippen molar-refractivity contribution in [2.24, 2.45) is 0 Å². The summed E-state index contributed by atoms with van der Waals surface area (Å²) in [4.78, 5) is 29.6. The van der Waals surface area contributed by atoms with E-state index in [0.29, 0.717) is 31.0 Å². The summed E-state index contributed by atoms with van der Waals surface area (Å²) < 4.78 is 5.33. The van der Waals surface area contributed by atoms with Crippen LogP contribution in [-0.4, -0.2) is 48.5 Å². The van der Waals surface area contributed by atoms with Crippen LogP contribution in [0.25, 0.3) is 0 Å². The molecule has 154 valence electrons. The molecule has 0 unspecified atom stereocenters. The molecule has 0 spiro atoms. The first-order valence-electron chi connectivity index (χ1n) is 10.0. The number of hydrogen-bond acceptors (Lipinski definition) is 3. The van der Waals surface area contributed by atoms with Gasteiger partial charge in [0, 0.05) is 13.1 Å². The van der Waals surface area contributed by atoms with Crippen molar-refractivity contribution in [1.82, 2.24) is 15.1 Å². The highest BCUT2D eigenvalue weighted by Gasteiger charge is 2.43. The van der Waals surface area contributed by atoms with Crippen LogP contribution in [-0.2, 0) is 11.2 Å². The van der Waals surface area contributed by atoms with Gasteiger partial charge in [-0.05, 0) is 29.7 Å². The molecule has 6 nitrogen and oxygen atoms in total. The van der Waals surface area contributed by atoms with Crippen LogP contribution in [0.5, 0.6) is 5.75 Å². The Hall–Kier alpha value is -3.54. The minimum atomic E-state index is -0.502. The lowest BCUT2D eigenvalue weighted by molar-refractivity contribution is -0.125. The minimum Gasteiger partial charge on any atom is -0.497 e. The molecule has 0 aliphatic carbocycles. The highest BCUT2D eigenvalue weighted by Crippen LogP contribution is 2.37. The van der Waals surface area contributed by atoms with Gasteiger partial charge in [0.1, 0.15) is 5.75 Å². The van der Waals surface area contributed by atoms with Crippen LogP contribution in [0.2, 0.25) is 0 Å². The van der Waals surface area contributed by atoms with Crippen LogP contribution in [0.3, 0.4) is 0 Å². The second kappa shape index (κ2) is 8.45. The second-order valence-corrected chi connectivity index (χ2v) is 7.38. The molecule has 0 fully saturated rings. The van der Waals surface area contributed by atoms with Crippen molar-refractivity contribution in [3.05, 3.63) is 89.6 Å². The number of ether oxygens (including phenoxy) is 1. The number of benzene rings is 2. The van der Waals surface area contributed by atoms with Crippen molar-refractivity contribution in [2.45, 2.75) is 12.5 Å². The maximum Gasteiger partial charge on any atom is 0.322 e. The fourth-order valence-electron chi connectivity index (χ4n) is 4.03. The first-order valence-corrected chi connectivity index (χ1v) is 10.0. The van der Waals surface area contributed by atoms with Crippen LogP contribution in [0.15, 0.2) is 78.5 Å². The van der Waals surface area contributed by atoms with Crippen molar-refractivity contribution in [1.29, 1.82) is 0 Å². The molecule has 3 amide bonds. The fourth-order valence-corrected chi connectivity index (χ4v) is 4.03. The van der Waals surface area contributed by atoms with E-state index >= 15 is 0 Å². The van der Waals surface area contributed by atoms with Gasteiger partial charge in [-0.25, -0.2) is 4.79 Å². The summed E-state index contributed by atoms with van der Waals surface area (Å²) in [5, 5.41) is 2.99. The number of carbonyl (C=O) groups excluding carboxylic acids is 2. The molecule has 2 aromatic rings. The lowest BCUT2D eigenvalue weighted by atomic mass is 9.95. The largest absolute Gasteiger partial charge is 0.497 e. The van der Waals surface area contributed by atoms with E-state index in [0.717, 1.165) is 17.7 Å². The molecular formula is C24H25N3O3. The molecule has 1 atom stereocenters. The molecule has 2 heterocycles. The fraction of sp³-hybridized carbons (Fsp3) is 0.250. The lowest BCUT2D eigenvalue weighted by Crippen LogP contribution is -2.47. The monoisotopic (exact) mass is 403 g/mol. The normalized spacial score (nSPS) is 18.4. The number of methoxy groups -OCH3 is 1. The van der Waals surface area contributed by atoms with Gasteiger partial charge in [-0.1, -0.05) is 48.5 Å². The molecule has 2 aromatic carbocycles. The molecule has 2 aliphatic heterocycles. The van der Waals surface area contributed by atoms with E-state index < -0.39 is 6.04 Å². The average molecular weight is 403 g/mol. The summed E-state index contributed by atoms with van der Waals surface area (Å²) in [6.07, 6.45) is 2.44. The zero-order chi connectivity index (χ0) is 21.1. The number of rotatable bonds is 7. The number of hydrogen-bond donors (Lipinski definition) is 1. The number of carbonyl (C=O) groups is 2. The van der Waals surface area contributed by atoms with E-state index in [1.54, 1.807) is 18.1 Å². The van der Waals surface area contributed by atoms with Crippen LogP contribution in [0.4, 0.5) is 4.79 Å². The van der Waals surface area contributed by atoms with Crippen LogP contribution in [0.1, 0.15) is 17.2 Å². The second-order valence-electron chi connectivity index (χ2n) is 7.38. The summed E-state index contributed by atoms with van der Waals surface area (Å²) >= 11 is 0. The molecule has 0 saturated heterocycles. The Balaban J connectivity index is 1.64. The SMILES string of the molecule is C=CCN1C(=O)N[C@H](c2cccc(OC)c2)C2=C1CN(CCc1ccccc1)C2=O. The molecule has 0 saturated carbocycles. The topological polar surface area (TPSA) is 61.9 Å². The highest BCUT2D eigenvalue weighted by molar-refractivity contribution is 6.01. The molecule has 2 aliphatic rings. The number of amides is 3. The van der Waals surface area contributed by atoms with E-state index in [4.69, 9.17) is 4.74 Å². The van der Waals surface area contributed by atoms with Gasteiger partial charge in [-0.2, -0.15) is 0 Å². The van der Waals surface area contributed by atoms with Crippen molar-refractivity contribution >= 4 is 11.9 Å². The average Bonchev–Trinajstić information content (AvgIpc) is 3.11. The van der Waals surface area contributed by atoms with E-state index in [2.05, 4.69) is 24.0 Å². The van der Waals surface area contributed by atoms with E-state index in [1.807, 2.05) is 47.4 Å². The van der Waals surface area contributed by atoms with Gasteiger partial charge in [0.2, 0.25) is 0 Å². The van der Waals surface area contributed by atoms with Crippen molar-refractivity contribution in [3.63, 3.8) is 0 Å². The van der Waals surface area contributed by atoms with E-state index in [9.17, 15) is 9.59 Å². The van der Waals surface area contributed by atoms with Crippen LogP contribution in [0, 0.1) is 0 Å². The lowest BCUT2D eigenvalue weighted by Gasteiger charge is -2.33. The molecule has 6 heteroatoms. The number of urea groups is 1. The third-order valence-electron chi connectivity index (χ3n) is 5.55. The smallest absolute Gasteiger partial charge is 0.322 e. The van der Waals surface area contributed by atoms with Crippen molar-refractivity contribution in [3.8, 4) is 5.75 Å². The molecular weight excluding hydrogens is 378 g/mol. The van der Waals surface area contributed by atoms with Gasteiger partial charge in [-0.15, -0.1) is 6.58 Å². The molecule has 0 aromatic heterocycles. The third-order valence-corrected chi connectivity index (χ3v) is 5.55. The molecule has 0 bridgehead atoms. The van der Waals surface area contributed by atoms with Gasteiger partial charge in [-0.3, -0.25) is 9.69 Å². The molecule has 0 radical (unpaired) electrons. The van der Waals surface area contributed by atoms with Crippen molar-refractivity contribution < 1.29 is 14.3 Å². The Kier molecular flexibility index (Phi) is 5.57. The summed E-state index contributed by atoms with van der Waals surface area (Å²) in [5.74, 6) is 0.645. The number of nitrogens with one attached hydrogen (secondary N) is 1. The Morgan fingerprint density at radius 3 is 2.70 bits per heavy atom. The summed E-state index contributed by atoms with van der Waals surface area (Å²) in [6.45, 7) is 5.13. The Labute approximate surface area is 176 Å².